The van der Waals surface area contributed by atoms with Gasteiger partial charge in [-0.3, -0.25) is 0 Å². The van der Waals surface area contributed by atoms with Crippen LogP contribution in [0.3, 0.4) is 0 Å². The van der Waals surface area contributed by atoms with Gasteiger partial charge in [0, 0.05) is 12.0 Å². The fourth-order valence-corrected chi connectivity index (χ4v) is 3.83. The number of nitrogens with one attached hydrogen (secondary N) is 1. The number of aryl methyl sites for hydroxylation is 1. The summed E-state index contributed by atoms with van der Waals surface area (Å²) in [5.74, 6) is 1.17. The average Bonchev–Trinajstić information content (AvgIpc) is 3.29. The van der Waals surface area contributed by atoms with E-state index in [1.807, 2.05) is 90.7 Å². The van der Waals surface area contributed by atoms with Crippen molar-refractivity contribution >= 4 is 10.0 Å². The number of hydrogen-bond donors (Lipinski definition) is 1. The first-order chi connectivity index (χ1) is 11.9. The maximum Gasteiger partial charge on any atom is 2.00 e. The molecule has 3 nitrogen and oxygen atoms in total. The minimum atomic E-state index is -3.50. The van der Waals surface area contributed by atoms with Gasteiger partial charge in [0.15, 0.2) is 0 Å². The topological polar surface area (TPSA) is 46.2 Å². The van der Waals surface area contributed by atoms with Crippen molar-refractivity contribution < 1.29 is 25.5 Å². The SMILES string of the molecule is Cc1ccc(S(=O)(=O)N[C@H]([C]2[CH][CH][CH][CH]2)C(C)C)cc1.[CH]1[CH][CH][CH][CH]1.[Fe+2]. The molecule has 1 N–H and O–H groups in total. The Morgan fingerprint density at radius 2 is 1.27 bits per heavy atom. The Bertz CT molecular complexity index is 596. The van der Waals surface area contributed by atoms with Crippen LogP contribution >= 0.6 is 0 Å². The molecule has 0 amide bonds. The Morgan fingerprint density at radius 3 is 1.69 bits per heavy atom. The Labute approximate surface area is 171 Å². The molecule has 2 aliphatic rings. The van der Waals surface area contributed by atoms with Crippen molar-refractivity contribution in [2.75, 3.05) is 0 Å². The Kier molecular flexibility index (Phi) is 10.5. The Morgan fingerprint density at radius 1 is 0.808 bits per heavy atom. The molecule has 10 radical (unpaired) electrons. The standard InChI is InChI=1S/C16H20NO2S.C5H5.Fe/c1-12(2)16(14-6-4-5-7-14)17-20(18,19)15-10-8-13(3)9-11-15;1-2-4-5-3-1;/h4-12,16-17H,1-3H3;1-5H;/q;;+2/t16-;;/m0../s1. The number of rotatable bonds is 5. The number of benzene rings is 1. The van der Waals surface area contributed by atoms with Crippen LogP contribution in [-0.2, 0) is 27.1 Å². The van der Waals surface area contributed by atoms with E-state index in [0.717, 1.165) is 11.5 Å². The molecule has 0 saturated heterocycles. The van der Waals surface area contributed by atoms with Gasteiger partial charge >= 0.3 is 17.1 Å². The molecule has 2 fully saturated rings. The summed E-state index contributed by atoms with van der Waals surface area (Å²) in [5, 5.41) is 0. The third-order valence-electron chi connectivity index (χ3n) is 3.88. The fourth-order valence-electron chi connectivity index (χ4n) is 2.46. The summed E-state index contributed by atoms with van der Waals surface area (Å²) >= 11 is 0. The quantitative estimate of drug-likeness (QED) is 0.751. The summed E-state index contributed by atoms with van der Waals surface area (Å²) in [6.07, 6.45) is 17.7. The fraction of sp³-hybridized carbons (Fsp3) is 0.238. The molecular formula is C21H25FeNO2S+2. The maximum atomic E-state index is 12.4. The van der Waals surface area contributed by atoms with E-state index in [0.29, 0.717) is 4.90 Å². The summed E-state index contributed by atoms with van der Waals surface area (Å²) in [6, 6.07) is 6.68. The van der Waals surface area contributed by atoms with Crippen LogP contribution < -0.4 is 4.72 Å². The molecule has 1 aromatic rings. The van der Waals surface area contributed by atoms with Gasteiger partial charge in [0.2, 0.25) is 10.0 Å². The predicted octanol–water partition coefficient (Wildman–Crippen LogP) is 3.72. The molecule has 5 heteroatoms. The molecule has 0 aromatic heterocycles. The van der Waals surface area contributed by atoms with Crippen molar-refractivity contribution in [2.45, 2.75) is 31.7 Å². The second-order valence-corrected chi connectivity index (χ2v) is 8.05. The van der Waals surface area contributed by atoms with Gasteiger partial charge in [0.1, 0.15) is 0 Å². The zero-order valence-electron chi connectivity index (χ0n) is 15.2. The molecular weight excluding hydrogens is 386 g/mol. The third kappa shape index (κ3) is 7.34. The van der Waals surface area contributed by atoms with E-state index in [1.54, 1.807) is 12.1 Å². The molecule has 0 spiro atoms. The largest absolute Gasteiger partial charge is 2.00 e. The second-order valence-electron chi connectivity index (χ2n) is 6.34. The molecule has 138 valence electrons. The zero-order chi connectivity index (χ0) is 18.3. The van der Waals surface area contributed by atoms with Crippen molar-refractivity contribution in [3.05, 3.63) is 93.5 Å². The minimum absolute atomic E-state index is 0. The van der Waals surface area contributed by atoms with Gasteiger partial charge in [0.25, 0.3) is 0 Å². The zero-order valence-corrected chi connectivity index (χ0v) is 17.2. The van der Waals surface area contributed by atoms with Gasteiger partial charge in [-0.25, -0.2) is 13.1 Å². The molecule has 0 heterocycles. The van der Waals surface area contributed by atoms with E-state index in [1.165, 1.54) is 0 Å². The van der Waals surface area contributed by atoms with Crippen LogP contribution in [0, 0.1) is 76.5 Å². The smallest absolute Gasteiger partial charge is 0.207 e. The van der Waals surface area contributed by atoms with Gasteiger partial charge in [0.05, 0.1) is 4.90 Å². The molecule has 0 bridgehead atoms. The molecule has 3 rings (SSSR count). The van der Waals surface area contributed by atoms with Crippen molar-refractivity contribution in [3.63, 3.8) is 0 Å². The van der Waals surface area contributed by atoms with E-state index >= 15 is 0 Å². The molecule has 0 aliphatic heterocycles. The monoisotopic (exact) mass is 411 g/mol. The van der Waals surface area contributed by atoms with Crippen LogP contribution in [0.15, 0.2) is 29.2 Å². The summed E-state index contributed by atoms with van der Waals surface area (Å²) in [5.41, 5.74) is 1.04. The number of sulfonamides is 1. The first-order valence-electron chi connectivity index (χ1n) is 8.37. The van der Waals surface area contributed by atoms with Gasteiger partial charge < -0.3 is 0 Å². The van der Waals surface area contributed by atoms with E-state index in [-0.39, 0.29) is 29.0 Å². The molecule has 0 unspecified atom stereocenters. The predicted molar refractivity (Wildman–Crippen MR) is 102 cm³/mol. The van der Waals surface area contributed by atoms with Crippen LogP contribution in [0.5, 0.6) is 0 Å². The maximum absolute atomic E-state index is 12.4. The van der Waals surface area contributed by atoms with Crippen LogP contribution in [-0.4, -0.2) is 14.5 Å². The van der Waals surface area contributed by atoms with Gasteiger partial charge in [-0.2, -0.15) is 0 Å². The molecule has 1 atom stereocenters. The normalized spacial score (nSPS) is 18.9. The summed E-state index contributed by atoms with van der Waals surface area (Å²) in [4.78, 5) is 0.306. The first kappa shape index (κ1) is 23.7. The average molecular weight is 411 g/mol. The van der Waals surface area contributed by atoms with Crippen LogP contribution in [0.4, 0.5) is 0 Å². The Balaban J connectivity index is 0.000000486. The van der Waals surface area contributed by atoms with Crippen molar-refractivity contribution in [2.24, 2.45) is 5.92 Å². The van der Waals surface area contributed by atoms with Crippen molar-refractivity contribution in [1.82, 2.24) is 4.72 Å². The van der Waals surface area contributed by atoms with E-state index in [4.69, 9.17) is 0 Å². The van der Waals surface area contributed by atoms with E-state index in [9.17, 15) is 8.42 Å². The van der Waals surface area contributed by atoms with Crippen molar-refractivity contribution in [1.29, 1.82) is 0 Å². The Hall–Kier alpha value is -0.351. The number of hydrogen-bond acceptors (Lipinski definition) is 2. The van der Waals surface area contributed by atoms with Gasteiger partial charge in [-0.05, 0) is 82.8 Å². The van der Waals surface area contributed by atoms with E-state index < -0.39 is 10.0 Å². The molecule has 2 aliphatic carbocycles. The summed E-state index contributed by atoms with van der Waals surface area (Å²) in [7, 11) is -3.50. The third-order valence-corrected chi connectivity index (χ3v) is 5.34. The second kappa shape index (κ2) is 11.5. The van der Waals surface area contributed by atoms with Crippen molar-refractivity contribution in [3.8, 4) is 0 Å². The minimum Gasteiger partial charge on any atom is -0.207 e. The molecule has 2 saturated carbocycles. The first-order valence-corrected chi connectivity index (χ1v) is 9.86. The van der Waals surface area contributed by atoms with Crippen LogP contribution in [0.25, 0.3) is 0 Å². The van der Waals surface area contributed by atoms with Crippen LogP contribution in [0.2, 0.25) is 0 Å². The van der Waals surface area contributed by atoms with E-state index in [2.05, 4.69) is 4.72 Å². The summed E-state index contributed by atoms with van der Waals surface area (Å²) in [6.45, 7) is 5.95. The summed E-state index contributed by atoms with van der Waals surface area (Å²) < 4.78 is 27.7. The molecule has 1 aromatic carbocycles. The van der Waals surface area contributed by atoms with Crippen LogP contribution in [0.1, 0.15) is 19.4 Å². The van der Waals surface area contributed by atoms with Gasteiger partial charge in [-0.15, -0.1) is 0 Å². The van der Waals surface area contributed by atoms with Gasteiger partial charge in [-0.1, -0.05) is 31.5 Å². The molecule has 26 heavy (non-hydrogen) atoms.